The largest absolute Gasteiger partial charge is 1.00 e. The van der Waals surface area contributed by atoms with E-state index < -0.39 is 0 Å². The van der Waals surface area contributed by atoms with Gasteiger partial charge in [0, 0.05) is 29.2 Å². The Labute approximate surface area is 154 Å². The first kappa shape index (κ1) is 19.2. The summed E-state index contributed by atoms with van der Waals surface area (Å²) in [5.41, 5.74) is 3.66. The van der Waals surface area contributed by atoms with Crippen molar-refractivity contribution in [3.05, 3.63) is 59.8 Å². The Hall–Kier alpha value is -2.17. The minimum atomic E-state index is 0. The lowest BCUT2D eigenvalue weighted by atomic mass is 10.1. The van der Waals surface area contributed by atoms with Crippen molar-refractivity contribution in [2.24, 2.45) is 0 Å². The summed E-state index contributed by atoms with van der Waals surface area (Å²) in [5.74, 6) is 1.62. The Kier molecular flexibility index (Phi) is 7.16. The standard InChI is InChI=1S/C20H24N2O2.ClH/c1-3-24-20-16(7-6-10-19(20)23-2)13-21-12-11-15-14-22-18-9-5-4-8-17(15)18;/h4-10,14,21-22H,3,11-13H2,1-2H3;1H/p-1. The van der Waals surface area contributed by atoms with Crippen molar-refractivity contribution in [3.63, 3.8) is 0 Å². The molecule has 3 rings (SSSR count). The third-order valence-electron chi connectivity index (χ3n) is 4.13. The number of hydrogen-bond donors (Lipinski definition) is 2. The summed E-state index contributed by atoms with van der Waals surface area (Å²) in [6.45, 7) is 4.28. The number of nitrogens with one attached hydrogen (secondary N) is 2. The molecule has 0 amide bonds. The van der Waals surface area contributed by atoms with Gasteiger partial charge in [-0.2, -0.15) is 0 Å². The molecule has 1 aromatic heterocycles. The number of para-hydroxylation sites is 2. The van der Waals surface area contributed by atoms with Gasteiger partial charge < -0.3 is 32.2 Å². The number of methoxy groups -OCH3 is 1. The Balaban J connectivity index is 0.00000225. The van der Waals surface area contributed by atoms with Crippen LogP contribution in [0, 0.1) is 0 Å². The monoisotopic (exact) mass is 359 g/mol. The van der Waals surface area contributed by atoms with Gasteiger partial charge in [-0.15, -0.1) is 0 Å². The molecule has 0 aliphatic heterocycles. The van der Waals surface area contributed by atoms with E-state index in [1.165, 1.54) is 16.5 Å². The van der Waals surface area contributed by atoms with E-state index in [9.17, 15) is 0 Å². The second kappa shape index (κ2) is 9.35. The highest BCUT2D eigenvalue weighted by molar-refractivity contribution is 5.83. The van der Waals surface area contributed by atoms with Gasteiger partial charge in [0.25, 0.3) is 0 Å². The van der Waals surface area contributed by atoms with Crippen molar-refractivity contribution in [1.82, 2.24) is 10.3 Å². The van der Waals surface area contributed by atoms with E-state index >= 15 is 0 Å². The smallest absolute Gasteiger partial charge is 0.165 e. The topological polar surface area (TPSA) is 46.3 Å². The zero-order valence-corrected chi connectivity index (χ0v) is 15.4. The van der Waals surface area contributed by atoms with Gasteiger partial charge in [0.1, 0.15) is 0 Å². The van der Waals surface area contributed by atoms with Gasteiger partial charge in [0.05, 0.1) is 13.7 Å². The molecule has 0 spiro atoms. The van der Waals surface area contributed by atoms with E-state index in [2.05, 4.69) is 46.8 Å². The molecule has 0 unspecified atom stereocenters. The molecule has 0 bridgehead atoms. The Morgan fingerprint density at radius 1 is 1.04 bits per heavy atom. The van der Waals surface area contributed by atoms with Crippen LogP contribution in [0.2, 0.25) is 0 Å². The van der Waals surface area contributed by atoms with Crippen LogP contribution >= 0.6 is 0 Å². The minimum absolute atomic E-state index is 0. The molecule has 5 heteroatoms. The molecule has 0 saturated heterocycles. The lowest BCUT2D eigenvalue weighted by Gasteiger charge is -2.14. The van der Waals surface area contributed by atoms with Crippen molar-refractivity contribution < 1.29 is 21.9 Å². The fourth-order valence-corrected chi connectivity index (χ4v) is 2.95. The molecule has 2 N–H and O–H groups in total. The van der Waals surface area contributed by atoms with Crippen molar-refractivity contribution in [2.75, 3.05) is 20.3 Å². The van der Waals surface area contributed by atoms with Gasteiger partial charge >= 0.3 is 0 Å². The number of ether oxygens (including phenoxy) is 2. The number of fused-ring (bicyclic) bond motifs is 1. The molecule has 25 heavy (non-hydrogen) atoms. The van der Waals surface area contributed by atoms with Gasteiger partial charge in [0.2, 0.25) is 0 Å². The second-order valence-electron chi connectivity index (χ2n) is 5.67. The molecule has 0 aliphatic rings. The average molecular weight is 360 g/mol. The van der Waals surface area contributed by atoms with Gasteiger partial charge in [0.15, 0.2) is 11.5 Å². The van der Waals surface area contributed by atoms with E-state index in [4.69, 9.17) is 9.47 Å². The Morgan fingerprint density at radius 2 is 1.88 bits per heavy atom. The van der Waals surface area contributed by atoms with E-state index in [-0.39, 0.29) is 12.4 Å². The third-order valence-corrected chi connectivity index (χ3v) is 4.13. The van der Waals surface area contributed by atoms with E-state index in [1.54, 1.807) is 7.11 Å². The summed E-state index contributed by atoms with van der Waals surface area (Å²) in [6.07, 6.45) is 3.08. The summed E-state index contributed by atoms with van der Waals surface area (Å²) in [7, 11) is 1.67. The number of benzene rings is 2. The SMILES string of the molecule is CCOc1c(CNCCc2c[nH]c3ccccc23)cccc1OC.[Cl-]. The van der Waals surface area contributed by atoms with Crippen LogP contribution in [0.15, 0.2) is 48.7 Å². The third kappa shape index (κ3) is 4.47. The van der Waals surface area contributed by atoms with Crippen LogP contribution in [0.25, 0.3) is 10.9 Å². The van der Waals surface area contributed by atoms with E-state index in [1.807, 2.05) is 19.1 Å². The first-order valence-corrected chi connectivity index (χ1v) is 8.38. The number of H-pyrrole nitrogens is 1. The summed E-state index contributed by atoms with van der Waals surface area (Å²) < 4.78 is 11.1. The van der Waals surface area contributed by atoms with Crippen LogP contribution in [-0.4, -0.2) is 25.2 Å². The first-order chi connectivity index (χ1) is 11.8. The van der Waals surface area contributed by atoms with Crippen molar-refractivity contribution >= 4 is 10.9 Å². The van der Waals surface area contributed by atoms with Crippen LogP contribution < -0.4 is 27.2 Å². The molecule has 4 nitrogen and oxygen atoms in total. The van der Waals surface area contributed by atoms with Crippen LogP contribution in [0.1, 0.15) is 18.1 Å². The maximum Gasteiger partial charge on any atom is 0.165 e. The van der Waals surface area contributed by atoms with Crippen LogP contribution in [-0.2, 0) is 13.0 Å². The van der Waals surface area contributed by atoms with Crippen LogP contribution in [0.3, 0.4) is 0 Å². The molecule has 2 aromatic carbocycles. The highest BCUT2D eigenvalue weighted by Gasteiger charge is 2.10. The molecule has 0 atom stereocenters. The Morgan fingerprint density at radius 3 is 2.68 bits per heavy atom. The molecular weight excluding hydrogens is 336 g/mol. The summed E-state index contributed by atoms with van der Waals surface area (Å²) in [4.78, 5) is 3.32. The minimum Gasteiger partial charge on any atom is -1.00 e. The second-order valence-corrected chi connectivity index (χ2v) is 5.67. The zero-order valence-electron chi connectivity index (χ0n) is 14.6. The molecular formula is C20H24ClN2O2-. The van der Waals surface area contributed by atoms with Crippen LogP contribution in [0.4, 0.5) is 0 Å². The maximum atomic E-state index is 5.75. The molecule has 134 valence electrons. The maximum absolute atomic E-state index is 5.75. The summed E-state index contributed by atoms with van der Waals surface area (Å²) in [6, 6.07) is 14.4. The number of aromatic amines is 1. The Bertz CT molecular complexity index is 801. The molecule has 1 heterocycles. The number of hydrogen-bond acceptors (Lipinski definition) is 3. The molecule has 3 aromatic rings. The summed E-state index contributed by atoms with van der Waals surface area (Å²) >= 11 is 0. The van der Waals surface area contributed by atoms with Gasteiger partial charge in [-0.05, 0) is 37.6 Å². The molecule has 0 fully saturated rings. The number of halogens is 1. The first-order valence-electron chi connectivity index (χ1n) is 8.38. The van der Waals surface area contributed by atoms with Crippen molar-refractivity contribution in [2.45, 2.75) is 19.9 Å². The van der Waals surface area contributed by atoms with Crippen molar-refractivity contribution in [3.8, 4) is 11.5 Å². The predicted molar refractivity (Wildman–Crippen MR) is 97.9 cm³/mol. The molecule has 0 radical (unpaired) electrons. The van der Waals surface area contributed by atoms with Crippen LogP contribution in [0.5, 0.6) is 11.5 Å². The fraction of sp³-hybridized carbons (Fsp3) is 0.300. The highest BCUT2D eigenvalue weighted by atomic mass is 35.5. The summed E-state index contributed by atoms with van der Waals surface area (Å²) in [5, 5.41) is 4.81. The van der Waals surface area contributed by atoms with E-state index in [0.29, 0.717) is 6.61 Å². The van der Waals surface area contributed by atoms with Crippen molar-refractivity contribution in [1.29, 1.82) is 0 Å². The number of rotatable bonds is 8. The molecule has 0 aliphatic carbocycles. The average Bonchev–Trinajstić information content (AvgIpc) is 3.03. The van der Waals surface area contributed by atoms with Gasteiger partial charge in [-0.25, -0.2) is 0 Å². The fourth-order valence-electron chi connectivity index (χ4n) is 2.95. The lowest BCUT2D eigenvalue weighted by molar-refractivity contribution is -0.00000563. The quantitative estimate of drug-likeness (QED) is 0.588. The lowest BCUT2D eigenvalue weighted by Crippen LogP contribution is -3.00. The highest BCUT2D eigenvalue weighted by Crippen LogP contribution is 2.31. The van der Waals surface area contributed by atoms with Gasteiger partial charge in [-0.3, -0.25) is 0 Å². The van der Waals surface area contributed by atoms with E-state index in [0.717, 1.165) is 36.6 Å². The van der Waals surface area contributed by atoms with Gasteiger partial charge in [-0.1, -0.05) is 30.3 Å². The molecule has 0 saturated carbocycles. The predicted octanol–water partition coefficient (Wildman–Crippen LogP) is 0.911. The normalized spacial score (nSPS) is 10.5. The zero-order chi connectivity index (χ0) is 16.8. The number of aromatic nitrogens is 1.